The number of benzene rings is 2. The maximum atomic E-state index is 6.36. The van der Waals surface area contributed by atoms with Crippen LogP contribution in [0, 0.1) is 6.92 Å². The van der Waals surface area contributed by atoms with Crippen LogP contribution in [0.2, 0.25) is 5.02 Å². The maximum Gasteiger partial charge on any atom is 0.174 e. The lowest BCUT2D eigenvalue weighted by Crippen LogP contribution is -2.29. The minimum absolute atomic E-state index is 0.140. The predicted molar refractivity (Wildman–Crippen MR) is 128 cm³/mol. The van der Waals surface area contributed by atoms with Gasteiger partial charge < -0.3 is 14.6 Å². The topological polar surface area (TPSA) is 41.3 Å². The molecular formula is C25H20ClN3OS. The largest absolute Gasteiger partial charge is 0.459 e. The van der Waals surface area contributed by atoms with Gasteiger partial charge in [-0.25, -0.2) is 0 Å². The summed E-state index contributed by atoms with van der Waals surface area (Å²) in [6, 6.07) is 25.6. The molecule has 2 aromatic carbocycles. The van der Waals surface area contributed by atoms with E-state index in [9.17, 15) is 0 Å². The van der Waals surface area contributed by atoms with E-state index in [1.165, 1.54) is 5.56 Å². The summed E-state index contributed by atoms with van der Waals surface area (Å²) in [4.78, 5) is 6.69. The van der Waals surface area contributed by atoms with E-state index in [0.29, 0.717) is 10.1 Å². The molecule has 0 unspecified atom stereocenters. The van der Waals surface area contributed by atoms with Crippen LogP contribution in [0.4, 0.5) is 5.69 Å². The van der Waals surface area contributed by atoms with Crippen molar-refractivity contribution in [2.75, 3.05) is 4.90 Å². The molecule has 2 atom stereocenters. The van der Waals surface area contributed by atoms with Gasteiger partial charge in [-0.3, -0.25) is 4.98 Å². The second-order valence-electron chi connectivity index (χ2n) is 7.54. The highest BCUT2D eigenvalue weighted by atomic mass is 35.5. The van der Waals surface area contributed by atoms with Gasteiger partial charge in [0.1, 0.15) is 17.6 Å². The van der Waals surface area contributed by atoms with Crippen molar-refractivity contribution in [1.29, 1.82) is 0 Å². The molecule has 3 heterocycles. The maximum absolute atomic E-state index is 6.36. The zero-order chi connectivity index (χ0) is 21.4. The summed E-state index contributed by atoms with van der Waals surface area (Å²) >= 11 is 11.8. The van der Waals surface area contributed by atoms with Gasteiger partial charge in [0, 0.05) is 22.5 Å². The van der Waals surface area contributed by atoms with Gasteiger partial charge in [0.15, 0.2) is 5.11 Å². The number of rotatable bonds is 4. The smallest absolute Gasteiger partial charge is 0.174 e. The summed E-state index contributed by atoms with van der Waals surface area (Å²) in [5.41, 5.74) is 4.09. The zero-order valence-electron chi connectivity index (χ0n) is 16.8. The van der Waals surface area contributed by atoms with Crippen LogP contribution in [-0.2, 0) is 0 Å². The van der Waals surface area contributed by atoms with Crippen molar-refractivity contribution >= 4 is 34.6 Å². The third-order valence-electron chi connectivity index (χ3n) is 5.46. The molecule has 6 heteroatoms. The van der Waals surface area contributed by atoms with Crippen molar-refractivity contribution in [3.63, 3.8) is 0 Å². The van der Waals surface area contributed by atoms with Gasteiger partial charge in [-0.15, -0.1) is 0 Å². The Kier molecular flexibility index (Phi) is 5.22. The first kappa shape index (κ1) is 19.8. The van der Waals surface area contributed by atoms with Crippen LogP contribution in [0.3, 0.4) is 0 Å². The molecular weight excluding hydrogens is 426 g/mol. The SMILES string of the molecule is Cc1ccc(N2C(=S)N[C@@H](c3ccccn3)[C@H]2c2ccc(-c3ccc(Cl)cc3)o2)cc1. The van der Waals surface area contributed by atoms with Crippen molar-refractivity contribution < 1.29 is 4.42 Å². The second-order valence-corrected chi connectivity index (χ2v) is 8.36. The highest BCUT2D eigenvalue weighted by Crippen LogP contribution is 2.42. The molecule has 0 spiro atoms. The molecule has 1 aliphatic rings. The summed E-state index contributed by atoms with van der Waals surface area (Å²) in [7, 11) is 0. The lowest BCUT2D eigenvalue weighted by molar-refractivity contribution is 0.439. The number of aromatic nitrogens is 1. The van der Waals surface area contributed by atoms with Crippen LogP contribution in [0.5, 0.6) is 0 Å². The minimum atomic E-state index is -0.175. The summed E-state index contributed by atoms with van der Waals surface area (Å²) in [6.07, 6.45) is 1.80. The van der Waals surface area contributed by atoms with Gasteiger partial charge in [-0.1, -0.05) is 35.4 Å². The van der Waals surface area contributed by atoms with Gasteiger partial charge in [0.25, 0.3) is 0 Å². The van der Waals surface area contributed by atoms with Crippen LogP contribution in [-0.4, -0.2) is 10.1 Å². The first-order valence-electron chi connectivity index (χ1n) is 10.0. The highest BCUT2D eigenvalue weighted by Gasteiger charge is 2.42. The molecule has 1 N–H and O–H groups in total. The van der Waals surface area contributed by atoms with E-state index in [-0.39, 0.29) is 12.1 Å². The third kappa shape index (κ3) is 3.82. The number of thiocarbonyl (C=S) groups is 1. The number of aryl methyl sites for hydroxylation is 1. The standard InChI is InChI=1S/C25H20ClN3OS/c1-16-5-11-19(12-6-16)29-24(23(28-25(29)31)20-4-2-3-15-27-20)22-14-13-21(30-22)17-7-9-18(26)10-8-17/h2-15,23-24H,1H3,(H,28,31)/t23-,24+/m0/s1. The fraction of sp³-hybridized carbons (Fsp3) is 0.120. The number of nitrogens with zero attached hydrogens (tertiary/aromatic N) is 2. The summed E-state index contributed by atoms with van der Waals surface area (Å²) in [5.74, 6) is 1.60. The molecule has 0 saturated carbocycles. The van der Waals surface area contributed by atoms with Gasteiger partial charge in [-0.2, -0.15) is 0 Å². The minimum Gasteiger partial charge on any atom is -0.459 e. The summed E-state index contributed by atoms with van der Waals surface area (Å²) in [6.45, 7) is 2.07. The summed E-state index contributed by atoms with van der Waals surface area (Å²) in [5, 5.41) is 4.80. The van der Waals surface area contributed by atoms with Crippen LogP contribution in [0.15, 0.2) is 89.5 Å². The number of hydrogen-bond acceptors (Lipinski definition) is 3. The van der Waals surface area contributed by atoms with E-state index in [1.54, 1.807) is 6.20 Å². The Bertz CT molecular complexity index is 1210. The van der Waals surface area contributed by atoms with Crippen molar-refractivity contribution in [1.82, 2.24) is 10.3 Å². The molecule has 4 aromatic rings. The molecule has 0 amide bonds. The van der Waals surface area contributed by atoms with E-state index >= 15 is 0 Å². The average molecular weight is 446 g/mol. The zero-order valence-corrected chi connectivity index (χ0v) is 18.4. The molecule has 1 fully saturated rings. The Labute approximate surface area is 191 Å². The predicted octanol–water partition coefficient (Wildman–Crippen LogP) is 6.48. The van der Waals surface area contributed by atoms with Crippen molar-refractivity contribution in [2.24, 2.45) is 0 Å². The van der Waals surface area contributed by atoms with Crippen molar-refractivity contribution in [3.8, 4) is 11.3 Å². The highest BCUT2D eigenvalue weighted by molar-refractivity contribution is 7.80. The summed E-state index contributed by atoms with van der Waals surface area (Å²) < 4.78 is 6.36. The molecule has 1 saturated heterocycles. The molecule has 0 bridgehead atoms. The number of halogens is 1. The lowest BCUT2D eigenvalue weighted by atomic mass is 10.0. The fourth-order valence-electron chi connectivity index (χ4n) is 3.91. The van der Waals surface area contributed by atoms with Gasteiger partial charge in [-0.05, 0) is 79.8 Å². The van der Waals surface area contributed by atoms with Gasteiger partial charge in [0.2, 0.25) is 0 Å². The van der Waals surface area contributed by atoms with Crippen LogP contribution in [0.1, 0.15) is 29.1 Å². The monoisotopic (exact) mass is 445 g/mol. The average Bonchev–Trinajstić information content (AvgIpc) is 3.40. The number of anilines is 1. The molecule has 154 valence electrons. The normalized spacial score (nSPS) is 18.3. The molecule has 1 aliphatic heterocycles. The Balaban J connectivity index is 1.59. The van der Waals surface area contributed by atoms with Gasteiger partial charge >= 0.3 is 0 Å². The number of hydrogen-bond donors (Lipinski definition) is 1. The molecule has 5 rings (SSSR count). The quantitative estimate of drug-likeness (QED) is 0.364. The van der Waals surface area contributed by atoms with Gasteiger partial charge in [0.05, 0.1) is 11.7 Å². The number of nitrogens with one attached hydrogen (secondary N) is 1. The lowest BCUT2D eigenvalue weighted by Gasteiger charge is -2.26. The van der Waals surface area contributed by atoms with Crippen molar-refractivity contribution in [3.05, 3.63) is 107 Å². The van der Waals surface area contributed by atoms with E-state index in [2.05, 4.69) is 46.4 Å². The Morgan fingerprint density at radius 1 is 0.968 bits per heavy atom. The Hall–Kier alpha value is -3.15. The van der Waals surface area contributed by atoms with E-state index in [0.717, 1.165) is 28.5 Å². The molecule has 0 aliphatic carbocycles. The first-order chi connectivity index (χ1) is 15.1. The van der Waals surface area contributed by atoms with Crippen LogP contribution < -0.4 is 10.2 Å². The third-order valence-corrected chi connectivity index (χ3v) is 6.02. The van der Waals surface area contributed by atoms with Crippen LogP contribution in [0.25, 0.3) is 11.3 Å². The van der Waals surface area contributed by atoms with E-state index in [4.69, 9.17) is 28.2 Å². The second kappa shape index (κ2) is 8.17. The van der Waals surface area contributed by atoms with Crippen LogP contribution >= 0.6 is 23.8 Å². The fourth-order valence-corrected chi connectivity index (χ4v) is 4.38. The van der Waals surface area contributed by atoms with E-state index in [1.807, 2.05) is 54.6 Å². The molecule has 0 radical (unpaired) electrons. The van der Waals surface area contributed by atoms with Crippen molar-refractivity contribution in [2.45, 2.75) is 19.0 Å². The number of furan rings is 1. The first-order valence-corrected chi connectivity index (χ1v) is 10.8. The molecule has 31 heavy (non-hydrogen) atoms. The molecule has 2 aromatic heterocycles. The Morgan fingerprint density at radius 3 is 2.45 bits per heavy atom. The molecule has 4 nitrogen and oxygen atoms in total. The Morgan fingerprint density at radius 2 is 1.74 bits per heavy atom. The number of pyridine rings is 1. The van der Waals surface area contributed by atoms with E-state index < -0.39 is 0 Å².